The number of aryl methyl sites for hydroxylation is 3. The molecule has 1 amide bonds. The van der Waals surface area contributed by atoms with Gasteiger partial charge in [-0.2, -0.15) is 4.98 Å². The summed E-state index contributed by atoms with van der Waals surface area (Å²) in [7, 11) is 0. The van der Waals surface area contributed by atoms with Gasteiger partial charge in [-0.05, 0) is 32.9 Å². The zero-order chi connectivity index (χ0) is 18.7. The van der Waals surface area contributed by atoms with Gasteiger partial charge in [0.25, 0.3) is 5.78 Å². The van der Waals surface area contributed by atoms with Crippen molar-refractivity contribution in [3.63, 3.8) is 0 Å². The molecule has 26 heavy (non-hydrogen) atoms. The van der Waals surface area contributed by atoms with Crippen LogP contribution in [0.25, 0.3) is 5.78 Å². The zero-order valence-electron chi connectivity index (χ0n) is 15.5. The minimum Gasteiger partial charge on any atom is -0.492 e. The average Bonchev–Trinajstić information content (AvgIpc) is 3.04. The molecule has 0 bridgehead atoms. The molecule has 0 aliphatic rings. The van der Waals surface area contributed by atoms with E-state index in [0.717, 1.165) is 29.2 Å². The summed E-state index contributed by atoms with van der Waals surface area (Å²) in [5, 5.41) is 7.38. The van der Waals surface area contributed by atoms with Crippen LogP contribution in [0.3, 0.4) is 0 Å². The Morgan fingerprint density at radius 1 is 1.19 bits per heavy atom. The highest BCUT2D eigenvalue weighted by molar-refractivity contribution is 5.93. The molecule has 0 aliphatic carbocycles. The van der Waals surface area contributed by atoms with E-state index in [4.69, 9.17) is 4.74 Å². The Morgan fingerprint density at radius 2 is 1.96 bits per heavy atom. The summed E-state index contributed by atoms with van der Waals surface area (Å²) < 4.78 is 7.27. The molecular weight excluding hydrogens is 330 g/mol. The van der Waals surface area contributed by atoms with E-state index in [1.165, 1.54) is 0 Å². The second-order valence-electron chi connectivity index (χ2n) is 6.01. The molecule has 7 nitrogen and oxygen atoms in total. The maximum atomic E-state index is 12.6. The average molecular weight is 353 g/mol. The van der Waals surface area contributed by atoms with Crippen LogP contribution in [-0.4, -0.2) is 32.1 Å². The minimum atomic E-state index is -0.125. The van der Waals surface area contributed by atoms with Crippen LogP contribution >= 0.6 is 0 Å². The lowest BCUT2D eigenvalue weighted by Crippen LogP contribution is -2.18. The molecule has 3 aromatic rings. The smallest absolute Gasteiger partial charge is 0.252 e. The van der Waals surface area contributed by atoms with E-state index in [1.807, 2.05) is 52.0 Å². The van der Waals surface area contributed by atoms with Crippen molar-refractivity contribution in [2.45, 2.75) is 40.5 Å². The number of para-hydroxylation sites is 2. The standard InChI is InChI=1S/C19H23N5O2/c1-5-17-22-19-20-12(3)14(13(4)24(19)23-17)11-18(25)21-15-9-7-8-10-16(15)26-6-2/h7-10H,5-6,11H2,1-4H3,(H,21,25). The Bertz CT molecular complexity index is 948. The van der Waals surface area contributed by atoms with Crippen LogP contribution in [0.15, 0.2) is 24.3 Å². The van der Waals surface area contributed by atoms with Gasteiger partial charge in [0.05, 0.1) is 18.7 Å². The van der Waals surface area contributed by atoms with E-state index in [0.29, 0.717) is 23.8 Å². The van der Waals surface area contributed by atoms with Crippen molar-refractivity contribution in [3.8, 4) is 5.75 Å². The van der Waals surface area contributed by atoms with Crippen molar-refractivity contribution in [1.82, 2.24) is 19.6 Å². The second-order valence-corrected chi connectivity index (χ2v) is 6.01. The molecule has 0 fully saturated rings. The van der Waals surface area contributed by atoms with Crippen LogP contribution in [0.4, 0.5) is 5.69 Å². The summed E-state index contributed by atoms with van der Waals surface area (Å²) >= 11 is 0. The number of ether oxygens (including phenoxy) is 1. The van der Waals surface area contributed by atoms with Gasteiger partial charge in [0.15, 0.2) is 5.82 Å². The fraction of sp³-hybridized carbons (Fsp3) is 0.368. The first-order chi connectivity index (χ1) is 12.5. The van der Waals surface area contributed by atoms with Gasteiger partial charge in [-0.15, -0.1) is 5.10 Å². The Hall–Kier alpha value is -2.96. The molecule has 0 saturated heterocycles. The molecule has 1 N–H and O–H groups in total. The lowest BCUT2D eigenvalue weighted by Gasteiger charge is -2.13. The normalized spacial score (nSPS) is 10.9. The molecule has 0 atom stereocenters. The third kappa shape index (κ3) is 3.51. The van der Waals surface area contributed by atoms with E-state index >= 15 is 0 Å². The maximum absolute atomic E-state index is 12.6. The van der Waals surface area contributed by atoms with Crippen molar-refractivity contribution < 1.29 is 9.53 Å². The number of hydrogen-bond donors (Lipinski definition) is 1. The molecule has 0 unspecified atom stereocenters. The summed E-state index contributed by atoms with van der Waals surface area (Å²) in [5.74, 6) is 1.85. The van der Waals surface area contributed by atoms with E-state index in [2.05, 4.69) is 20.4 Å². The third-order valence-electron chi connectivity index (χ3n) is 4.21. The fourth-order valence-corrected chi connectivity index (χ4v) is 2.86. The zero-order valence-corrected chi connectivity index (χ0v) is 15.5. The number of amides is 1. The van der Waals surface area contributed by atoms with E-state index in [-0.39, 0.29) is 12.3 Å². The van der Waals surface area contributed by atoms with Crippen molar-refractivity contribution in [3.05, 3.63) is 47.0 Å². The highest BCUT2D eigenvalue weighted by Gasteiger charge is 2.16. The highest BCUT2D eigenvalue weighted by atomic mass is 16.5. The Kier molecular flexibility index (Phi) is 5.16. The number of rotatable bonds is 6. The summed E-state index contributed by atoms with van der Waals surface area (Å²) in [6.07, 6.45) is 0.953. The Morgan fingerprint density at radius 3 is 2.69 bits per heavy atom. The summed E-state index contributed by atoms with van der Waals surface area (Å²) in [6, 6.07) is 7.41. The van der Waals surface area contributed by atoms with Crippen molar-refractivity contribution in [2.75, 3.05) is 11.9 Å². The van der Waals surface area contributed by atoms with Gasteiger partial charge in [-0.1, -0.05) is 19.1 Å². The van der Waals surface area contributed by atoms with Gasteiger partial charge in [-0.25, -0.2) is 9.50 Å². The lowest BCUT2D eigenvalue weighted by molar-refractivity contribution is -0.115. The SMILES string of the molecule is CCOc1ccccc1NC(=O)Cc1c(C)nc2nc(CC)nn2c1C. The molecule has 0 radical (unpaired) electrons. The van der Waals surface area contributed by atoms with Crippen LogP contribution in [0.1, 0.15) is 36.6 Å². The summed E-state index contributed by atoms with van der Waals surface area (Å²) in [6.45, 7) is 8.28. The molecular formula is C19H23N5O2. The molecule has 0 spiro atoms. The summed E-state index contributed by atoms with van der Waals surface area (Å²) in [4.78, 5) is 21.5. The predicted molar refractivity (Wildman–Crippen MR) is 99.6 cm³/mol. The van der Waals surface area contributed by atoms with Gasteiger partial charge >= 0.3 is 0 Å². The molecule has 7 heteroatoms. The monoisotopic (exact) mass is 353 g/mol. The van der Waals surface area contributed by atoms with Crippen molar-refractivity contribution in [2.24, 2.45) is 0 Å². The molecule has 0 aliphatic heterocycles. The Balaban J connectivity index is 1.85. The predicted octanol–water partition coefficient (Wildman–Crippen LogP) is 2.88. The first-order valence-electron chi connectivity index (χ1n) is 8.76. The van der Waals surface area contributed by atoms with Crippen LogP contribution in [0.2, 0.25) is 0 Å². The Labute approximate surface area is 152 Å². The number of anilines is 1. The van der Waals surface area contributed by atoms with Crippen LogP contribution in [0, 0.1) is 13.8 Å². The third-order valence-corrected chi connectivity index (χ3v) is 4.21. The van der Waals surface area contributed by atoms with Gasteiger partial charge in [0.1, 0.15) is 5.75 Å². The number of nitrogens with one attached hydrogen (secondary N) is 1. The maximum Gasteiger partial charge on any atom is 0.252 e. The van der Waals surface area contributed by atoms with Gasteiger partial charge in [0, 0.05) is 23.4 Å². The second kappa shape index (κ2) is 7.51. The molecule has 2 heterocycles. The van der Waals surface area contributed by atoms with E-state index in [9.17, 15) is 4.79 Å². The van der Waals surface area contributed by atoms with E-state index in [1.54, 1.807) is 4.52 Å². The van der Waals surface area contributed by atoms with Crippen molar-refractivity contribution >= 4 is 17.4 Å². The number of benzene rings is 1. The number of carbonyl (C=O) groups is 1. The lowest BCUT2D eigenvalue weighted by atomic mass is 10.1. The molecule has 2 aromatic heterocycles. The number of aromatic nitrogens is 4. The van der Waals surface area contributed by atoms with Gasteiger partial charge < -0.3 is 10.1 Å². The number of carbonyl (C=O) groups excluding carboxylic acids is 1. The molecule has 136 valence electrons. The van der Waals surface area contributed by atoms with Gasteiger partial charge in [0.2, 0.25) is 5.91 Å². The quantitative estimate of drug-likeness (QED) is 0.737. The molecule has 1 aromatic carbocycles. The van der Waals surface area contributed by atoms with Crippen LogP contribution in [-0.2, 0) is 17.6 Å². The highest BCUT2D eigenvalue weighted by Crippen LogP contribution is 2.24. The first-order valence-corrected chi connectivity index (χ1v) is 8.76. The van der Waals surface area contributed by atoms with Crippen molar-refractivity contribution in [1.29, 1.82) is 0 Å². The first kappa shape index (κ1) is 17.8. The molecule has 0 saturated carbocycles. The topological polar surface area (TPSA) is 81.4 Å². The van der Waals surface area contributed by atoms with Gasteiger partial charge in [-0.3, -0.25) is 4.79 Å². The van der Waals surface area contributed by atoms with E-state index < -0.39 is 0 Å². The molecule has 3 rings (SSSR count). The fourth-order valence-electron chi connectivity index (χ4n) is 2.86. The number of nitrogens with zero attached hydrogens (tertiary/aromatic N) is 4. The van der Waals surface area contributed by atoms with Crippen LogP contribution < -0.4 is 10.1 Å². The van der Waals surface area contributed by atoms with Crippen LogP contribution in [0.5, 0.6) is 5.75 Å². The largest absolute Gasteiger partial charge is 0.492 e. The number of fused-ring (bicyclic) bond motifs is 1. The minimum absolute atomic E-state index is 0.125. The summed E-state index contributed by atoms with van der Waals surface area (Å²) in [5.41, 5.74) is 3.19. The number of hydrogen-bond acceptors (Lipinski definition) is 5.